The first-order valence-corrected chi connectivity index (χ1v) is 6.73. The highest BCUT2D eigenvalue weighted by atomic mass is 19.1. The number of halogens is 1. The summed E-state index contributed by atoms with van der Waals surface area (Å²) in [6, 6.07) is 12.3. The molecule has 0 aliphatic heterocycles. The van der Waals surface area contributed by atoms with Gasteiger partial charge in [-0.05, 0) is 42.8 Å². The number of hydrogen-bond acceptors (Lipinski definition) is 2. The van der Waals surface area contributed by atoms with Crippen LogP contribution in [0.5, 0.6) is 0 Å². The molecule has 0 spiro atoms. The van der Waals surface area contributed by atoms with Crippen LogP contribution in [-0.2, 0) is 0 Å². The van der Waals surface area contributed by atoms with E-state index in [0.717, 1.165) is 16.8 Å². The van der Waals surface area contributed by atoms with Crippen LogP contribution >= 0.6 is 0 Å². The van der Waals surface area contributed by atoms with Gasteiger partial charge in [0, 0.05) is 19.8 Å². The summed E-state index contributed by atoms with van der Waals surface area (Å²) in [7, 11) is 3.93. The zero-order valence-electron chi connectivity index (χ0n) is 12.4. The Hall–Kier alpha value is -2.42. The topological polar surface area (TPSA) is 20.3 Å². The van der Waals surface area contributed by atoms with Crippen molar-refractivity contribution in [2.75, 3.05) is 19.0 Å². The zero-order valence-corrected chi connectivity index (χ0v) is 12.4. The van der Waals surface area contributed by atoms with Crippen LogP contribution in [0.2, 0.25) is 0 Å². The molecule has 0 fully saturated rings. The minimum Gasteiger partial charge on any atom is -0.378 e. The minimum atomic E-state index is -0.488. The van der Waals surface area contributed by atoms with E-state index in [1.54, 1.807) is 18.2 Å². The van der Waals surface area contributed by atoms with Gasteiger partial charge in [-0.1, -0.05) is 29.8 Å². The van der Waals surface area contributed by atoms with E-state index in [0.29, 0.717) is 0 Å². The number of aryl methyl sites for hydroxylation is 1. The van der Waals surface area contributed by atoms with E-state index >= 15 is 0 Å². The first-order chi connectivity index (χ1) is 9.97. The molecule has 0 aliphatic carbocycles. The number of carbonyl (C=O) groups is 1. The number of allylic oxidation sites excluding steroid dienone is 1. The molecular formula is C18H18FNO. The summed E-state index contributed by atoms with van der Waals surface area (Å²) in [6.07, 6.45) is 3.10. The highest BCUT2D eigenvalue weighted by molar-refractivity contribution is 6.07. The first kappa shape index (κ1) is 15.0. The maximum absolute atomic E-state index is 13.6. The summed E-state index contributed by atoms with van der Waals surface area (Å²) in [5.74, 6) is -0.814. The van der Waals surface area contributed by atoms with Crippen molar-refractivity contribution in [3.05, 3.63) is 71.0 Å². The van der Waals surface area contributed by atoms with Crippen LogP contribution in [0.1, 0.15) is 21.5 Å². The minimum absolute atomic E-state index is 0.108. The first-order valence-electron chi connectivity index (χ1n) is 6.73. The molecule has 0 saturated heterocycles. The van der Waals surface area contributed by atoms with Gasteiger partial charge >= 0.3 is 0 Å². The number of anilines is 1. The number of hydrogen-bond donors (Lipinski definition) is 0. The average molecular weight is 283 g/mol. The molecule has 0 aromatic heterocycles. The number of nitrogens with zero attached hydrogens (tertiary/aromatic N) is 1. The lowest BCUT2D eigenvalue weighted by molar-refractivity contribution is 0.104. The van der Waals surface area contributed by atoms with Gasteiger partial charge in [-0.3, -0.25) is 4.79 Å². The van der Waals surface area contributed by atoms with E-state index in [1.807, 2.05) is 50.2 Å². The smallest absolute Gasteiger partial charge is 0.188 e. The molecule has 0 saturated carbocycles. The Bertz CT molecular complexity index is 672. The highest BCUT2D eigenvalue weighted by Gasteiger charge is 2.08. The Morgan fingerprint density at radius 2 is 1.76 bits per heavy atom. The Morgan fingerprint density at radius 3 is 2.38 bits per heavy atom. The largest absolute Gasteiger partial charge is 0.378 e. The van der Waals surface area contributed by atoms with E-state index in [1.165, 1.54) is 12.1 Å². The molecule has 0 bridgehead atoms. The Kier molecular flexibility index (Phi) is 4.53. The summed E-state index contributed by atoms with van der Waals surface area (Å²) in [4.78, 5) is 14.0. The Morgan fingerprint density at radius 1 is 1.10 bits per heavy atom. The van der Waals surface area contributed by atoms with Crippen LogP contribution in [0.15, 0.2) is 48.5 Å². The number of benzene rings is 2. The number of ketones is 1. The lowest BCUT2D eigenvalue weighted by atomic mass is 10.1. The van der Waals surface area contributed by atoms with Crippen LogP contribution in [-0.4, -0.2) is 19.9 Å². The molecule has 0 aliphatic rings. The summed E-state index contributed by atoms with van der Waals surface area (Å²) in [5, 5.41) is 0. The van der Waals surface area contributed by atoms with Gasteiger partial charge in [-0.25, -0.2) is 4.39 Å². The summed E-state index contributed by atoms with van der Waals surface area (Å²) < 4.78 is 13.6. The molecule has 0 atom stereocenters. The van der Waals surface area contributed by atoms with Crippen molar-refractivity contribution in [3.8, 4) is 0 Å². The summed E-state index contributed by atoms with van der Waals surface area (Å²) >= 11 is 0. The molecule has 0 amide bonds. The van der Waals surface area contributed by atoms with Crippen molar-refractivity contribution in [2.45, 2.75) is 6.92 Å². The molecule has 2 nitrogen and oxygen atoms in total. The fraction of sp³-hybridized carbons (Fsp3) is 0.167. The van der Waals surface area contributed by atoms with Crippen molar-refractivity contribution in [1.29, 1.82) is 0 Å². The number of rotatable bonds is 4. The monoisotopic (exact) mass is 283 g/mol. The van der Waals surface area contributed by atoms with E-state index < -0.39 is 5.82 Å². The summed E-state index contributed by atoms with van der Waals surface area (Å²) in [6.45, 7) is 1.83. The van der Waals surface area contributed by atoms with Gasteiger partial charge in [0.15, 0.2) is 5.78 Å². The van der Waals surface area contributed by atoms with Crippen LogP contribution < -0.4 is 4.90 Å². The highest BCUT2D eigenvalue weighted by Crippen LogP contribution is 2.15. The maximum atomic E-state index is 13.6. The van der Waals surface area contributed by atoms with Crippen molar-refractivity contribution in [2.24, 2.45) is 0 Å². The lowest BCUT2D eigenvalue weighted by Gasteiger charge is -2.11. The average Bonchev–Trinajstić information content (AvgIpc) is 2.47. The third kappa shape index (κ3) is 3.78. The van der Waals surface area contributed by atoms with E-state index in [9.17, 15) is 9.18 Å². The Labute approximate surface area is 124 Å². The summed E-state index contributed by atoms with van der Waals surface area (Å²) in [5.41, 5.74) is 2.96. The standard InChI is InChI=1S/C18H18FNO/c1-13-4-10-17(19)16(12-13)18(21)11-7-14-5-8-15(9-6-14)20(2)3/h4-12H,1-3H3. The Balaban J connectivity index is 2.16. The molecule has 2 aromatic carbocycles. The van der Waals surface area contributed by atoms with Gasteiger partial charge in [0.1, 0.15) is 5.82 Å². The van der Waals surface area contributed by atoms with Gasteiger partial charge in [0.25, 0.3) is 0 Å². The van der Waals surface area contributed by atoms with Gasteiger partial charge < -0.3 is 4.90 Å². The second kappa shape index (κ2) is 6.35. The maximum Gasteiger partial charge on any atom is 0.188 e. The normalized spacial score (nSPS) is 10.9. The quantitative estimate of drug-likeness (QED) is 0.622. The van der Waals surface area contributed by atoms with Crippen LogP contribution in [0.4, 0.5) is 10.1 Å². The molecule has 3 heteroatoms. The third-order valence-corrected chi connectivity index (χ3v) is 3.22. The molecular weight excluding hydrogens is 265 g/mol. The molecule has 0 N–H and O–H groups in total. The fourth-order valence-electron chi connectivity index (χ4n) is 1.97. The molecule has 2 aromatic rings. The molecule has 108 valence electrons. The van der Waals surface area contributed by atoms with Crippen molar-refractivity contribution >= 4 is 17.5 Å². The van der Waals surface area contributed by atoms with Gasteiger partial charge in [-0.15, -0.1) is 0 Å². The molecule has 0 radical (unpaired) electrons. The van der Waals surface area contributed by atoms with Crippen LogP contribution in [0.25, 0.3) is 6.08 Å². The predicted octanol–water partition coefficient (Wildman–Crippen LogP) is 4.10. The molecule has 21 heavy (non-hydrogen) atoms. The van der Waals surface area contributed by atoms with Crippen LogP contribution in [0.3, 0.4) is 0 Å². The van der Waals surface area contributed by atoms with Gasteiger partial charge in [0.2, 0.25) is 0 Å². The number of carbonyl (C=O) groups excluding carboxylic acids is 1. The van der Waals surface area contributed by atoms with Crippen molar-refractivity contribution < 1.29 is 9.18 Å². The van der Waals surface area contributed by atoms with Crippen molar-refractivity contribution in [3.63, 3.8) is 0 Å². The van der Waals surface area contributed by atoms with Gasteiger partial charge in [-0.2, -0.15) is 0 Å². The zero-order chi connectivity index (χ0) is 15.4. The van der Waals surface area contributed by atoms with Gasteiger partial charge in [0.05, 0.1) is 5.56 Å². The third-order valence-electron chi connectivity index (χ3n) is 3.22. The molecule has 2 rings (SSSR count). The van der Waals surface area contributed by atoms with E-state index in [4.69, 9.17) is 0 Å². The van der Waals surface area contributed by atoms with Crippen molar-refractivity contribution in [1.82, 2.24) is 0 Å². The lowest BCUT2D eigenvalue weighted by Crippen LogP contribution is -2.07. The molecule has 0 heterocycles. The second-order valence-electron chi connectivity index (χ2n) is 5.17. The van der Waals surface area contributed by atoms with E-state index in [2.05, 4.69) is 0 Å². The SMILES string of the molecule is Cc1ccc(F)c(C(=O)C=Cc2ccc(N(C)C)cc2)c1. The molecule has 0 unspecified atom stereocenters. The predicted molar refractivity (Wildman–Crippen MR) is 85.3 cm³/mol. The van der Waals surface area contributed by atoms with E-state index in [-0.39, 0.29) is 11.3 Å². The second-order valence-corrected chi connectivity index (χ2v) is 5.17. The van der Waals surface area contributed by atoms with Crippen LogP contribution in [0, 0.1) is 12.7 Å². The fourth-order valence-corrected chi connectivity index (χ4v) is 1.97.